The Morgan fingerprint density at radius 2 is 2.22 bits per heavy atom. The monoisotopic (exact) mass is 327 g/mol. The molecule has 0 saturated carbocycles. The van der Waals surface area contributed by atoms with Crippen LogP contribution in [0.1, 0.15) is 18.2 Å². The normalized spacial score (nSPS) is 12.6. The van der Waals surface area contributed by atoms with Crippen molar-refractivity contribution < 1.29 is 4.42 Å². The van der Waals surface area contributed by atoms with Gasteiger partial charge in [-0.3, -0.25) is 0 Å². The quantitative estimate of drug-likeness (QED) is 0.879. The molecule has 0 saturated heterocycles. The standard InChI is InChI=1S/C14H15BrClNO/c1-10(7-13-3-2-6-18-13)17-9-11-8-12(15)4-5-14(11)16/h2-6,8,10,17H,7,9H2,1H3. The molecule has 96 valence electrons. The topological polar surface area (TPSA) is 25.2 Å². The summed E-state index contributed by atoms with van der Waals surface area (Å²) >= 11 is 9.59. The van der Waals surface area contributed by atoms with Gasteiger partial charge in [-0.25, -0.2) is 0 Å². The van der Waals surface area contributed by atoms with Crippen LogP contribution in [0.15, 0.2) is 45.5 Å². The summed E-state index contributed by atoms with van der Waals surface area (Å²) in [5.74, 6) is 0.996. The SMILES string of the molecule is CC(Cc1ccco1)NCc1cc(Br)ccc1Cl. The van der Waals surface area contributed by atoms with Gasteiger partial charge in [0.25, 0.3) is 0 Å². The zero-order chi connectivity index (χ0) is 13.0. The third kappa shape index (κ3) is 3.87. The molecule has 0 aliphatic carbocycles. The number of halogens is 2. The summed E-state index contributed by atoms with van der Waals surface area (Å²) in [5.41, 5.74) is 1.09. The maximum atomic E-state index is 6.14. The predicted molar refractivity (Wildman–Crippen MR) is 77.9 cm³/mol. The van der Waals surface area contributed by atoms with E-state index >= 15 is 0 Å². The van der Waals surface area contributed by atoms with E-state index in [1.807, 2.05) is 30.3 Å². The molecular weight excluding hydrogens is 314 g/mol. The zero-order valence-corrected chi connectivity index (χ0v) is 12.5. The van der Waals surface area contributed by atoms with Crippen molar-refractivity contribution in [3.63, 3.8) is 0 Å². The van der Waals surface area contributed by atoms with Crippen LogP contribution in [0.2, 0.25) is 5.02 Å². The molecule has 2 rings (SSSR count). The van der Waals surface area contributed by atoms with Crippen LogP contribution in [0, 0.1) is 0 Å². The Morgan fingerprint density at radius 3 is 2.94 bits per heavy atom. The molecule has 1 N–H and O–H groups in total. The molecule has 0 aliphatic heterocycles. The molecule has 2 nitrogen and oxygen atoms in total. The highest BCUT2D eigenvalue weighted by Gasteiger charge is 2.07. The summed E-state index contributed by atoms with van der Waals surface area (Å²) < 4.78 is 6.37. The number of furan rings is 1. The Morgan fingerprint density at radius 1 is 1.39 bits per heavy atom. The fourth-order valence-electron chi connectivity index (χ4n) is 1.77. The second-order valence-corrected chi connectivity index (χ2v) is 5.62. The zero-order valence-electron chi connectivity index (χ0n) is 10.1. The van der Waals surface area contributed by atoms with E-state index in [4.69, 9.17) is 16.0 Å². The second kappa shape index (κ2) is 6.41. The first kappa shape index (κ1) is 13.7. The van der Waals surface area contributed by atoms with E-state index in [0.29, 0.717) is 6.04 Å². The molecule has 0 aliphatic rings. The Labute approximate surface area is 120 Å². The lowest BCUT2D eigenvalue weighted by Gasteiger charge is -2.13. The summed E-state index contributed by atoms with van der Waals surface area (Å²) in [6, 6.07) is 10.1. The summed E-state index contributed by atoms with van der Waals surface area (Å²) in [6.45, 7) is 2.88. The van der Waals surface area contributed by atoms with Gasteiger partial charge in [-0.1, -0.05) is 27.5 Å². The lowest BCUT2D eigenvalue weighted by molar-refractivity contribution is 0.456. The van der Waals surface area contributed by atoms with Crippen molar-refractivity contribution in [3.05, 3.63) is 57.4 Å². The Kier molecular flexibility index (Phi) is 4.87. The maximum absolute atomic E-state index is 6.14. The van der Waals surface area contributed by atoms with Crippen LogP contribution in [-0.4, -0.2) is 6.04 Å². The Bertz CT molecular complexity index is 499. The smallest absolute Gasteiger partial charge is 0.105 e. The van der Waals surface area contributed by atoms with Gasteiger partial charge >= 0.3 is 0 Å². The van der Waals surface area contributed by atoms with Gasteiger partial charge < -0.3 is 9.73 Å². The highest BCUT2D eigenvalue weighted by molar-refractivity contribution is 9.10. The molecule has 1 heterocycles. The van der Waals surface area contributed by atoms with Gasteiger partial charge in [-0.05, 0) is 42.8 Å². The van der Waals surface area contributed by atoms with Crippen molar-refractivity contribution in [3.8, 4) is 0 Å². The predicted octanol–water partition coefficient (Wildman–Crippen LogP) is 4.42. The molecule has 1 aromatic heterocycles. The summed E-state index contributed by atoms with van der Waals surface area (Å²) in [6.07, 6.45) is 2.58. The summed E-state index contributed by atoms with van der Waals surface area (Å²) in [5, 5.41) is 4.23. The van der Waals surface area contributed by atoms with E-state index in [0.717, 1.165) is 33.8 Å². The lowest BCUT2D eigenvalue weighted by Crippen LogP contribution is -2.27. The average molecular weight is 329 g/mol. The van der Waals surface area contributed by atoms with Crippen LogP contribution in [-0.2, 0) is 13.0 Å². The van der Waals surface area contributed by atoms with Gasteiger partial charge in [-0.15, -0.1) is 0 Å². The van der Waals surface area contributed by atoms with Crippen LogP contribution in [0.4, 0.5) is 0 Å². The molecule has 0 radical (unpaired) electrons. The minimum Gasteiger partial charge on any atom is -0.469 e. The molecule has 0 fully saturated rings. The maximum Gasteiger partial charge on any atom is 0.105 e. The lowest BCUT2D eigenvalue weighted by atomic mass is 10.1. The van der Waals surface area contributed by atoms with E-state index < -0.39 is 0 Å². The fraction of sp³-hybridized carbons (Fsp3) is 0.286. The van der Waals surface area contributed by atoms with Crippen molar-refractivity contribution in [1.82, 2.24) is 5.32 Å². The average Bonchev–Trinajstić information content (AvgIpc) is 2.83. The number of nitrogens with one attached hydrogen (secondary N) is 1. The molecule has 0 bridgehead atoms. The number of benzene rings is 1. The van der Waals surface area contributed by atoms with Gasteiger partial charge in [0, 0.05) is 28.5 Å². The molecular formula is C14H15BrClNO. The van der Waals surface area contributed by atoms with Gasteiger partial charge in [-0.2, -0.15) is 0 Å². The molecule has 1 atom stereocenters. The number of rotatable bonds is 5. The van der Waals surface area contributed by atoms with Gasteiger partial charge in [0.1, 0.15) is 5.76 Å². The minimum atomic E-state index is 0.339. The first-order chi connectivity index (χ1) is 8.65. The van der Waals surface area contributed by atoms with E-state index in [-0.39, 0.29) is 0 Å². The molecule has 1 aromatic carbocycles. The van der Waals surface area contributed by atoms with Crippen LogP contribution in [0.25, 0.3) is 0 Å². The third-order valence-corrected chi connectivity index (χ3v) is 3.60. The Hall–Kier alpha value is -0.770. The third-order valence-electron chi connectivity index (χ3n) is 2.74. The molecule has 4 heteroatoms. The van der Waals surface area contributed by atoms with E-state index in [1.165, 1.54) is 0 Å². The van der Waals surface area contributed by atoms with Gasteiger partial charge in [0.05, 0.1) is 6.26 Å². The molecule has 1 unspecified atom stereocenters. The van der Waals surface area contributed by atoms with Gasteiger partial charge in [0.15, 0.2) is 0 Å². The summed E-state index contributed by atoms with van der Waals surface area (Å²) in [7, 11) is 0. The first-order valence-corrected chi connectivity index (χ1v) is 7.02. The summed E-state index contributed by atoms with van der Waals surface area (Å²) in [4.78, 5) is 0. The number of hydrogen-bond acceptors (Lipinski definition) is 2. The second-order valence-electron chi connectivity index (χ2n) is 4.30. The van der Waals surface area contributed by atoms with Crippen LogP contribution in [0.5, 0.6) is 0 Å². The van der Waals surface area contributed by atoms with Crippen LogP contribution >= 0.6 is 27.5 Å². The molecule has 0 amide bonds. The molecule has 18 heavy (non-hydrogen) atoms. The van der Waals surface area contributed by atoms with E-state index in [2.05, 4.69) is 28.2 Å². The Balaban J connectivity index is 1.89. The van der Waals surface area contributed by atoms with E-state index in [1.54, 1.807) is 6.26 Å². The fourth-order valence-corrected chi connectivity index (χ4v) is 2.36. The first-order valence-electron chi connectivity index (χ1n) is 5.85. The minimum absolute atomic E-state index is 0.339. The van der Waals surface area contributed by atoms with Crippen molar-refractivity contribution in [2.45, 2.75) is 25.9 Å². The highest BCUT2D eigenvalue weighted by Crippen LogP contribution is 2.21. The van der Waals surface area contributed by atoms with Crippen molar-refractivity contribution in [2.75, 3.05) is 0 Å². The largest absolute Gasteiger partial charge is 0.469 e. The van der Waals surface area contributed by atoms with Crippen molar-refractivity contribution >= 4 is 27.5 Å². The van der Waals surface area contributed by atoms with Crippen molar-refractivity contribution in [1.29, 1.82) is 0 Å². The highest BCUT2D eigenvalue weighted by atomic mass is 79.9. The van der Waals surface area contributed by atoms with Crippen LogP contribution < -0.4 is 5.32 Å². The van der Waals surface area contributed by atoms with Gasteiger partial charge in [0.2, 0.25) is 0 Å². The van der Waals surface area contributed by atoms with E-state index in [9.17, 15) is 0 Å². The number of hydrogen-bond donors (Lipinski definition) is 1. The van der Waals surface area contributed by atoms with Crippen molar-refractivity contribution in [2.24, 2.45) is 0 Å². The van der Waals surface area contributed by atoms with Crippen LogP contribution in [0.3, 0.4) is 0 Å². The molecule has 0 spiro atoms. The molecule has 2 aromatic rings.